The van der Waals surface area contributed by atoms with Crippen molar-refractivity contribution in [3.63, 3.8) is 0 Å². The molecule has 1 atom stereocenters. The number of hydrogen-bond donors (Lipinski definition) is 1. The average Bonchev–Trinajstić information content (AvgIpc) is 2.48. The lowest BCUT2D eigenvalue weighted by Crippen LogP contribution is -2.49. The summed E-state index contributed by atoms with van der Waals surface area (Å²) < 4.78 is 5.38. The number of hydrogen-bond acceptors (Lipinski definition) is 4. The van der Waals surface area contributed by atoms with E-state index in [2.05, 4.69) is 11.0 Å². The molecule has 0 bridgehead atoms. The average molecular weight is 291 g/mol. The normalized spacial score (nSPS) is 17.6. The molecular weight excluding hydrogens is 266 g/mol. The molecule has 1 aromatic rings. The van der Waals surface area contributed by atoms with Gasteiger partial charge in [-0.15, -0.1) is 0 Å². The number of rotatable bonds is 5. The van der Waals surface area contributed by atoms with Crippen molar-refractivity contribution in [3.05, 3.63) is 29.8 Å². The summed E-state index contributed by atoms with van der Waals surface area (Å²) in [5.74, 6) is 1.09. The zero-order chi connectivity index (χ0) is 15.2. The smallest absolute Gasteiger partial charge is 0.224 e. The van der Waals surface area contributed by atoms with Crippen LogP contribution in [0.25, 0.3) is 0 Å². The minimum atomic E-state index is -0.0656. The fourth-order valence-electron chi connectivity index (χ4n) is 2.63. The third-order valence-electron chi connectivity index (χ3n) is 3.81. The number of para-hydroxylation sites is 1. The molecule has 0 saturated carbocycles. The molecule has 1 aliphatic rings. The first-order valence-corrected chi connectivity index (χ1v) is 7.47. The molecule has 1 fully saturated rings. The van der Waals surface area contributed by atoms with Crippen molar-refractivity contribution < 1.29 is 9.53 Å². The summed E-state index contributed by atoms with van der Waals surface area (Å²) in [6.45, 7) is 6.07. The van der Waals surface area contributed by atoms with Crippen molar-refractivity contribution in [2.45, 2.75) is 25.9 Å². The van der Waals surface area contributed by atoms with Crippen molar-refractivity contribution >= 4 is 5.91 Å². The van der Waals surface area contributed by atoms with Crippen LogP contribution in [0.4, 0.5) is 0 Å². The van der Waals surface area contributed by atoms with Gasteiger partial charge in [0.25, 0.3) is 0 Å². The molecule has 1 amide bonds. The largest absolute Gasteiger partial charge is 0.496 e. The molecule has 1 aliphatic heterocycles. The number of amides is 1. The second kappa shape index (κ2) is 7.43. The van der Waals surface area contributed by atoms with E-state index in [1.54, 1.807) is 7.11 Å². The monoisotopic (exact) mass is 291 g/mol. The zero-order valence-corrected chi connectivity index (χ0v) is 12.9. The summed E-state index contributed by atoms with van der Waals surface area (Å²) in [5, 5.41) is 0. The number of ether oxygens (including phenoxy) is 1. The van der Waals surface area contributed by atoms with Crippen LogP contribution in [-0.4, -0.2) is 55.0 Å². The molecule has 1 saturated heterocycles. The molecule has 116 valence electrons. The van der Waals surface area contributed by atoms with Gasteiger partial charge in [-0.05, 0) is 13.0 Å². The predicted molar refractivity (Wildman–Crippen MR) is 83.1 cm³/mol. The van der Waals surface area contributed by atoms with Gasteiger partial charge in [0.2, 0.25) is 5.91 Å². The lowest BCUT2D eigenvalue weighted by Gasteiger charge is -2.35. The number of nitrogens with two attached hydrogens (primary N) is 1. The van der Waals surface area contributed by atoms with Gasteiger partial charge in [0, 0.05) is 50.7 Å². The highest BCUT2D eigenvalue weighted by Crippen LogP contribution is 2.20. The number of carbonyl (C=O) groups excluding carboxylic acids is 1. The van der Waals surface area contributed by atoms with Crippen LogP contribution in [-0.2, 0) is 11.3 Å². The molecule has 2 N–H and O–H groups in total. The molecule has 0 aliphatic carbocycles. The minimum Gasteiger partial charge on any atom is -0.496 e. The second-order valence-electron chi connectivity index (χ2n) is 5.65. The fourth-order valence-corrected chi connectivity index (χ4v) is 2.63. The van der Waals surface area contributed by atoms with Crippen LogP contribution in [0, 0.1) is 0 Å². The summed E-state index contributed by atoms with van der Waals surface area (Å²) in [6.07, 6.45) is 0.437. The van der Waals surface area contributed by atoms with E-state index in [1.807, 2.05) is 30.0 Å². The van der Waals surface area contributed by atoms with E-state index >= 15 is 0 Å². The maximum Gasteiger partial charge on any atom is 0.224 e. The quantitative estimate of drug-likeness (QED) is 0.882. The van der Waals surface area contributed by atoms with Crippen LogP contribution in [0.1, 0.15) is 18.9 Å². The molecule has 0 aromatic heterocycles. The van der Waals surface area contributed by atoms with Gasteiger partial charge in [0.15, 0.2) is 0 Å². The van der Waals surface area contributed by atoms with Crippen LogP contribution in [0.3, 0.4) is 0 Å². The maximum atomic E-state index is 12.0. The maximum absolute atomic E-state index is 12.0. The summed E-state index contributed by atoms with van der Waals surface area (Å²) in [7, 11) is 1.70. The highest BCUT2D eigenvalue weighted by Gasteiger charge is 2.22. The van der Waals surface area contributed by atoms with Gasteiger partial charge >= 0.3 is 0 Å². The van der Waals surface area contributed by atoms with Gasteiger partial charge in [-0.2, -0.15) is 0 Å². The summed E-state index contributed by atoms with van der Waals surface area (Å²) in [6, 6.07) is 8.02. The predicted octanol–water partition coefficient (Wildman–Crippen LogP) is 1.08. The molecule has 1 unspecified atom stereocenters. The first-order valence-electron chi connectivity index (χ1n) is 7.47. The number of nitrogens with zero attached hydrogens (tertiary/aromatic N) is 2. The summed E-state index contributed by atoms with van der Waals surface area (Å²) >= 11 is 0. The second-order valence-corrected chi connectivity index (χ2v) is 5.65. The van der Waals surface area contributed by atoms with Crippen molar-refractivity contribution in [1.82, 2.24) is 9.80 Å². The van der Waals surface area contributed by atoms with Crippen LogP contribution in [0.2, 0.25) is 0 Å². The first-order chi connectivity index (χ1) is 10.1. The lowest BCUT2D eigenvalue weighted by atomic mass is 10.1. The van der Waals surface area contributed by atoms with Crippen LogP contribution in [0.5, 0.6) is 5.75 Å². The molecule has 0 spiro atoms. The summed E-state index contributed by atoms with van der Waals surface area (Å²) in [4.78, 5) is 16.3. The molecule has 2 rings (SSSR count). The molecule has 21 heavy (non-hydrogen) atoms. The highest BCUT2D eigenvalue weighted by atomic mass is 16.5. The number of methoxy groups -OCH3 is 1. The summed E-state index contributed by atoms with van der Waals surface area (Å²) in [5.41, 5.74) is 6.88. The van der Waals surface area contributed by atoms with Gasteiger partial charge in [-0.3, -0.25) is 9.69 Å². The van der Waals surface area contributed by atoms with E-state index in [4.69, 9.17) is 10.5 Å². The Labute approximate surface area is 126 Å². The van der Waals surface area contributed by atoms with E-state index in [0.717, 1.165) is 38.5 Å². The van der Waals surface area contributed by atoms with E-state index in [9.17, 15) is 4.79 Å². The Bertz CT molecular complexity index is 468. The van der Waals surface area contributed by atoms with E-state index < -0.39 is 0 Å². The molecule has 5 nitrogen and oxygen atoms in total. The van der Waals surface area contributed by atoms with Gasteiger partial charge in [0.1, 0.15) is 5.75 Å². The van der Waals surface area contributed by atoms with E-state index in [1.165, 1.54) is 5.56 Å². The third kappa shape index (κ3) is 4.44. The number of piperazine rings is 1. The Morgan fingerprint density at radius 1 is 1.29 bits per heavy atom. The van der Waals surface area contributed by atoms with Crippen molar-refractivity contribution in [3.8, 4) is 5.75 Å². The van der Waals surface area contributed by atoms with Crippen molar-refractivity contribution in [2.75, 3.05) is 33.3 Å². The highest BCUT2D eigenvalue weighted by molar-refractivity contribution is 5.76. The first kappa shape index (κ1) is 15.8. The third-order valence-corrected chi connectivity index (χ3v) is 3.81. The number of carbonyl (C=O) groups is 1. The zero-order valence-electron chi connectivity index (χ0n) is 12.9. The van der Waals surface area contributed by atoms with Crippen LogP contribution >= 0.6 is 0 Å². The van der Waals surface area contributed by atoms with Gasteiger partial charge in [-0.1, -0.05) is 18.2 Å². The number of benzene rings is 1. The van der Waals surface area contributed by atoms with Gasteiger partial charge < -0.3 is 15.4 Å². The van der Waals surface area contributed by atoms with Crippen molar-refractivity contribution in [1.29, 1.82) is 0 Å². The molecule has 1 aromatic carbocycles. The fraction of sp³-hybridized carbons (Fsp3) is 0.562. The molecule has 0 radical (unpaired) electrons. The lowest BCUT2D eigenvalue weighted by molar-refractivity contribution is -0.133. The van der Waals surface area contributed by atoms with E-state index in [-0.39, 0.29) is 11.9 Å². The Morgan fingerprint density at radius 3 is 2.57 bits per heavy atom. The Morgan fingerprint density at radius 2 is 1.95 bits per heavy atom. The van der Waals surface area contributed by atoms with Crippen LogP contribution in [0.15, 0.2) is 24.3 Å². The van der Waals surface area contributed by atoms with Crippen molar-refractivity contribution in [2.24, 2.45) is 5.73 Å². The standard InChI is InChI=1S/C16H25N3O2/c1-13(17)11-16(20)19-9-7-18(8-10-19)12-14-5-3-4-6-15(14)21-2/h3-6,13H,7-12,17H2,1-2H3. The topological polar surface area (TPSA) is 58.8 Å². The van der Waals surface area contributed by atoms with Gasteiger partial charge in [0.05, 0.1) is 7.11 Å². The molecule has 5 heteroatoms. The minimum absolute atomic E-state index is 0.0656. The Hall–Kier alpha value is -1.59. The Balaban J connectivity index is 1.85. The van der Waals surface area contributed by atoms with Gasteiger partial charge in [-0.25, -0.2) is 0 Å². The molecule has 1 heterocycles. The van der Waals surface area contributed by atoms with E-state index in [0.29, 0.717) is 6.42 Å². The van der Waals surface area contributed by atoms with Crippen LogP contribution < -0.4 is 10.5 Å². The molecular formula is C16H25N3O2. The Kier molecular flexibility index (Phi) is 5.59. The SMILES string of the molecule is COc1ccccc1CN1CCN(C(=O)CC(C)N)CC1.